The number of halogens is 3. The average Bonchev–Trinajstić information content (AvgIpc) is 3.46. The summed E-state index contributed by atoms with van der Waals surface area (Å²) in [7, 11) is 1.48. The molecule has 210 valence electrons. The molecule has 0 bridgehead atoms. The van der Waals surface area contributed by atoms with Crippen LogP contribution in [-0.2, 0) is 11.2 Å². The summed E-state index contributed by atoms with van der Waals surface area (Å²) in [4.78, 5) is 14.6. The minimum absolute atomic E-state index is 0.00284. The molecule has 0 aliphatic carbocycles. The molecule has 0 saturated carbocycles. The summed E-state index contributed by atoms with van der Waals surface area (Å²) in [6.45, 7) is 3.05. The maximum atomic E-state index is 16.2. The Balaban J connectivity index is 1.45. The third-order valence-corrected chi connectivity index (χ3v) is 7.97. The summed E-state index contributed by atoms with van der Waals surface area (Å²) in [5, 5.41) is 11.7. The highest BCUT2D eigenvalue weighted by Crippen LogP contribution is 2.41. The first kappa shape index (κ1) is 26.5. The summed E-state index contributed by atoms with van der Waals surface area (Å²) in [5.74, 6) is -1.35. The number of methoxy groups -OCH3 is 1. The van der Waals surface area contributed by atoms with Crippen molar-refractivity contribution in [2.24, 2.45) is 0 Å². The van der Waals surface area contributed by atoms with E-state index in [2.05, 4.69) is 19.9 Å². The monoisotopic (exact) mass is 554 g/mol. The smallest absolute Gasteiger partial charge is 0.320 e. The van der Waals surface area contributed by atoms with E-state index in [9.17, 15) is 13.9 Å². The van der Waals surface area contributed by atoms with Crippen LogP contribution in [0.4, 0.5) is 13.2 Å². The van der Waals surface area contributed by atoms with E-state index in [-0.39, 0.29) is 36.0 Å². The molecule has 2 aromatic heterocycles. The van der Waals surface area contributed by atoms with Gasteiger partial charge in [-0.2, -0.15) is 9.97 Å². The van der Waals surface area contributed by atoms with Crippen LogP contribution in [-0.4, -0.2) is 70.3 Å². The standard InChI is InChI=1S/C29H29F3N4O4/c1-3-19-22(31)6-5-16-9-18(40-15-38-2)10-20(23(16)19)25-24(32)26-21(12-33-25)27(37)35-28(34-26)39-14-29-7-4-8-36(29)13-17(30)11-29/h5-6,9-10,12,17H,3-4,7-8,11,13-15H2,1-2H3,(H,34,35,37)/t17-,29+/m1/s1. The van der Waals surface area contributed by atoms with Crippen molar-refractivity contribution in [3.05, 3.63) is 47.7 Å². The Morgan fingerprint density at radius 1 is 1.18 bits per heavy atom. The van der Waals surface area contributed by atoms with Gasteiger partial charge in [-0.05, 0) is 60.3 Å². The lowest BCUT2D eigenvalue weighted by Gasteiger charge is -2.30. The largest absolute Gasteiger partial charge is 0.493 e. The van der Waals surface area contributed by atoms with Crippen molar-refractivity contribution in [2.75, 3.05) is 33.6 Å². The highest BCUT2D eigenvalue weighted by Gasteiger charge is 2.49. The molecule has 0 amide bonds. The van der Waals surface area contributed by atoms with Gasteiger partial charge in [0.05, 0.1) is 10.9 Å². The van der Waals surface area contributed by atoms with Crippen LogP contribution in [0.15, 0.2) is 30.5 Å². The lowest BCUT2D eigenvalue weighted by molar-refractivity contribution is 0.0512. The summed E-state index contributed by atoms with van der Waals surface area (Å²) in [5.41, 5.74) is -0.0439. The van der Waals surface area contributed by atoms with E-state index in [1.807, 2.05) is 6.92 Å². The first-order chi connectivity index (χ1) is 19.3. The Morgan fingerprint density at radius 2 is 2.02 bits per heavy atom. The minimum Gasteiger partial charge on any atom is -0.493 e. The molecule has 2 aliphatic heterocycles. The van der Waals surface area contributed by atoms with Crippen LogP contribution in [0.3, 0.4) is 0 Å². The number of fused-ring (bicyclic) bond motifs is 3. The number of pyridine rings is 1. The maximum Gasteiger partial charge on any atom is 0.320 e. The van der Waals surface area contributed by atoms with Gasteiger partial charge in [-0.25, -0.2) is 13.2 Å². The predicted molar refractivity (Wildman–Crippen MR) is 142 cm³/mol. The Bertz CT molecular complexity index is 1600. The number of benzene rings is 2. The van der Waals surface area contributed by atoms with Gasteiger partial charge >= 0.3 is 6.01 Å². The number of nitrogens with zero attached hydrogens (tertiary/aromatic N) is 4. The van der Waals surface area contributed by atoms with Crippen LogP contribution < -0.4 is 9.47 Å². The molecule has 2 aliphatic rings. The third-order valence-electron chi connectivity index (χ3n) is 7.97. The van der Waals surface area contributed by atoms with Crippen LogP contribution in [0, 0.1) is 11.6 Å². The van der Waals surface area contributed by atoms with E-state index in [4.69, 9.17) is 14.2 Å². The molecule has 4 aromatic rings. The normalized spacial score (nSPS) is 20.9. The van der Waals surface area contributed by atoms with E-state index < -0.39 is 29.2 Å². The molecule has 0 radical (unpaired) electrons. The molecule has 8 nitrogen and oxygen atoms in total. The predicted octanol–water partition coefficient (Wildman–Crippen LogP) is 5.33. The molecule has 2 saturated heterocycles. The van der Waals surface area contributed by atoms with Crippen LogP contribution in [0.1, 0.15) is 31.7 Å². The van der Waals surface area contributed by atoms with Gasteiger partial charge in [0.2, 0.25) is 5.88 Å². The highest BCUT2D eigenvalue weighted by atomic mass is 19.1. The Morgan fingerprint density at radius 3 is 2.83 bits per heavy atom. The molecule has 11 heteroatoms. The quantitative estimate of drug-likeness (QED) is 0.293. The Hall–Kier alpha value is -3.70. The first-order valence-electron chi connectivity index (χ1n) is 13.3. The number of aryl methyl sites for hydroxylation is 1. The van der Waals surface area contributed by atoms with Gasteiger partial charge in [0, 0.05) is 31.8 Å². The molecule has 0 spiro atoms. The number of hydrogen-bond donors (Lipinski definition) is 1. The third kappa shape index (κ3) is 4.46. The zero-order valence-corrected chi connectivity index (χ0v) is 22.2. The van der Waals surface area contributed by atoms with Crippen molar-refractivity contribution in [1.29, 1.82) is 0 Å². The average molecular weight is 555 g/mol. The topological polar surface area (TPSA) is 89.8 Å². The zero-order valence-electron chi connectivity index (χ0n) is 22.2. The summed E-state index contributed by atoms with van der Waals surface area (Å²) in [6.07, 6.45) is 2.76. The zero-order chi connectivity index (χ0) is 28.0. The first-order valence-corrected chi connectivity index (χ1v) is 13.3. The molecular weight excluding hydrogens is 525 g/mol. The van der Waals surface area contributed by atoms with Crippen molar-refractivity contribution in [3.63, 3.8) is 0 Å². The lowest BCUT2D eigenvalue weighted by atomic mass is 9.94. The SMILES string of the molecule is CCc1c(F)ccc2cc(OCOC)cc(-c3ncc4c(O)nc(OC[C@@]56CCCN5C[C@H](F)C6)nc4c3F)c12. The Labute approximate surface area is 228 Å². The molecule has 2 atom stereocenters. The number of aromatic hydroxyl groups is 1. The molecule has 1 N–H and O–H groups in total. The highest BCUT2D eigenvalue weighted by molar-refractivity contribution is 6.01. The fourth-order valence-corrected chi connectivity index (χ4v) is 6.15. The van der Waals surface area contributed by atoms with Gasteiger partial charge < -0.3 is 19.3 Å². The molecular formula is C29H29F3N4O4. The molecule has 0 unspecified atom stereocenters. The maximum absolute atomic E-state index is 16.2. The molecule has 40 heavy (non-hydrogen) atoms. The second-order valence-electron chi connectivity index (χ2n) is 10.4. The molecule has 6 rings (SSSR count). The van der Waals surface area contributed by atoms with E-state index >= 15 is 4.39 Å². The van der Waals surface area contributed by atoms with Crippen molar-refractivity contribution in [3.8, 4) is 28.9 Å². The van der Waals surface area contributed by atoms with Crippen molar-refractivity contribution in [1.82, 2.24) is 19.9 Å². The van der Waals surface area contributed by atoms with Gasteiger partial charge in [0.1, 0.15) is 35.6 Å². The van der Waals surface area contributed by atoms with Gasteiger partial charge in [-0.3, -0.25) is 9.88 Å². The fraction of sp³-hybridized carbons (Fsp3) is 0.414. The van der Waals surface area contributed by atoms with E-state index in [0.29, 0.717) is 47.0 Å². The summed E-state index contributed by atoms with van der Waals surface area (Å²) in [6, 6.07) is 6.06. The van der Waals surface area contributed by atoms with Crippen LogP contribution in [0.2, 0.25) is 0 Å². The summed E-state index contributed by atoms with van der Waals surface area (Å²) < 4.78 is 61.8. The molecule has 2 fully saturated rings. The lowest BCUT2D eigenvalue weighted by Crippen LogP contribution is -2.43. The molecule has 4 heterocycles. The fourth-order valence-electron chi connectivity index (χ4n) is 6.15. The second-order valence-corrected chi connectivity index (χ2v) is 10.4. The summed E-state index contributed by atoms with van der Waals surface area (Å²) >= 11 is 0. The number of rotatable bonds is 8. The van der Waals surface area contributed by atoms with Crippen molar-refractivity contribution in [2.45, 2.75) is 44.3 Å². The van der Waals surface area contributed by atoms with Gasteiger partial charge in [0.15, 0.2) is 12.6 Å². The van der Waals surface area contributed by atoms with Gasteiger partial charge in [0.25, 0.3) is 0 Å². The van der Waals surface area contributed by atoms with E-state index in [1.165, 1.54) is 19.4 Å². The minimum atomic E-state index is -0.933. The van der Waals surface area contributed by atoms with E-state index in [0.717, 1.165) is 19.4 Å². The van der Waals surface area contributed by atoms with Crippen LogP contribution in [0.25, 0.3) is 32.9 Å². The van der Waals surface area contributed by atoms with Crippen molar-refractivity contribution >= 4 is 21.7 Å². The number of alkyl halides is 1. The van der Waals surface area contributed by atoms with Crippen molar-refractivity contribution < 1.29 is 32.5 Å². The second kappa shape index (κ2) is 10.4. The van der Waals surface area contributed by atoms with Crippen LogP contribution >= 0.6 is 0 Å². The molecule has 2 aromatic carbocycles. The Kier molecular flexibility index (Phi) is 6.87. The number of aromatic nitrogens is 3. The number of hydrogen-bond acceptors (Lipinski definition) is 8. The van der Waals surface area contributed by atoms with Gasteiger partial charge in [-0.15, -0.1) is 0 Å². The van der Waals surface area contributed by atoms with E-state index in [1.54, 1.807) is 18.2 Å². The number of ether oxygens (including phenoxy) is 3. The van der Waals surface area contributed by atoms with Crippen LogP contribution in [0.5, 0.6) is 17.6 Å². The van der Waals surface area contributed by atoms with Gasteiger partial charge in [-0.1, -0.05) is 13.0 Å².